The maximum Gasteiger partial charge on any atom is 0.416 e. The van der Waals surface area contributed by atoms with Crippen LogP contribution in [0.5, 0.6) is 0 Å². The number of carbonyl (C=O) groups is 1. The van der Waals surface area contributed by atoms with Crippen LogP contribution in [0.2, 0.25) is 0 Å². The molecule has 2 aromatic rings. The van der Waals surface area contributed by atoms with Crippen LogP contribution in [0.1, 0.15) is 12.8 Å². The molecule has 24 heavy (non-hydrogen) atoms. The second kappa shape index (κ2) is 5.26. The fourth-order valence-corrected chi connectivity index (χ4v) is 5.02. The van der Waals surface area contributed by atoms with Crippen molar-refractivity contribution < 1.29 is 9.53 Å². The molecule has 4 aliphatic rings. The molecule has 1 aromatic heterocycles. The zero-order valence-electron chi connectivity index (χ0n) is 13.2. The molecule has 4 saturated heterocycles. The number of rotatable bonds is 2. The topological polar surface area (TPSA) is 58.6 Å². The van der Waals surface area contributed by atoms with Gasteiger partial charge in [-0.1, -0.05) is 41.7 Å². The van der Waals surface area contributed by atoms with E-state index < -0.39 is 0 Å². The molecule has 1 amide bonds. The van der Waals surface area contributed by atoms with Crippen LogP contribution in [-0.2, 0) is 4.74 Å². The lowest BCUT2D eigenvalue weighted by molar-refractivity contribution is -0.0881. The van der Waals surface area contributed by atoms with Crippen LogP contribution in [0.3, 0.4) is 0 Å². The van der Waals surface area contributed by atoms with E-state index in [9.17, 15) is 4.79 Å². The molecule has 6 nitrogen and oxygen atoms in total. The fourth-order valence-electron chi connectivity index (χ4n) is 4.18. The first-order valence-electron chi connectivity index (χ1n) is 8.35. The molecular formula is C17H18N4O2S. The Hall–Kier alpha value is -1.99. The predicted octanol–water partition coefficient (Wildman–Crippen LogP) is 2.63. The highest BCUT2D eigenvalue weighted by Crippen LogP contribution is 2.44. The molecule has 0 unspecified atom stereocenters. The van der Waals surface area contributed by atoms with Gasteiger partial charge in [-0.2, -0.15) is 0 Å². The zero-order valence-corrected chi connectivity index (χ0v) is 14.0. The summed E-state index contributed by atoms with van der Waals surface area (Å²) in [5, 5.41) is 9.96. The molecule has 0 aliphatic carbocycles. The summed E-state index contributed by atoms with van der Waals surface area (Å²) >= 11 is 1.44. The Morgan fingerprint density at radius 2 is 1.92 bits per heavy atom. The van der Waals surface area contributed by atoms with Crippen molar-refractivity contribution in [1.29, 1.82) is 0 Å². The minimum atomic E-state index is -0.355. The predicted molar refractivity (Wildman–Crippen MR) is 91.1 cm³/mol. The Labute approximate surface area is 144 Å². The van der Waals surface area contributed by atoms with E-state index >= 15 is 0 Å². The molecule has 6 rings (SSSR count). The maximum absolute atomic E-state index is 12.5. The van der Waals surface area contributed by atoms with Gasteiger partial charge in [-0.15, -0.1) is 10.2 Å². The van der Waals surface area contributed by atoms with Gasteiger partial charge in [0, 0.05) is 18.0 Å². The Morgan fingerprint density at radius 3 is 2.62 bits per heavy atom. The van der Waals surface area contributed by atoms with Gasteiger partial charge in [-0.05, 0) is 25.9 Å². The number of amides is 1. The molecular weight excluding hydrogens is 324 g/mol. The summed E-state index contributed by atoms with van der Waals surface area (Å²) in [6.45, 7) is 3.70. The SMILES string of the molecule is O=C1O[C@]2(CN3CCC2CC3)CN1c1nnc(-c2ccccc2)s1. The summed E-state index contributed by atoms with van der Waals surface area (Å²) in [6, 6.07) is 9.93. The van der Waals surface area contributed by atoms with Crippen molar-refractivity contribution >= 4 is 22.6 Å². The Bertz CT molecular complexity index is 772. The third-order valence-electron chi connectivity index (χ3n) is 5.43. The third-order valence-corrected chi connectivity index (χ3v) is 6.42. The van der Waals surface area contributed by atoms with Crippen LogP contribution in [-0.4, -0.2) is 53.0 Å². The highest BCUT2D eigenvalue weighted by atomic mass is 32.1. The van der Waals surface area contributed by atoms with E-state index in [1.807, 2.05) is 30.3 Å². The quantitative estimate of drug-likeness (QED) is 0.840. The number of benzene rings is 1. The van der Waals surface area contributed by atoms with Crippen LogP contribution in [0.25, 0.3) is 10.6 Å². The van der Waals surface area contributed by atoms with Crippen molar-refractivity contribution in [1.82, 2.24) is 15.1 Å². The van der Waals surface area contributed by atoms with Crippen molar-refractivity contribution in [3.8, 4) is 10.6 Å². The number of hydrogen-bond donors (Lipinski definition) is 0. The van der Waals surface area contributed by atoms with E-state index in [1.54, 1.807) is 4.90 Å². The second-order valence-electron chi connectivity index (χ2n) is 6.83. The summed E-state index contributed by atoms with van der Waals surface area (Å²) in [5.41, 5.74) is 0.665. The number of fused-ring (bicyclic) bond motifs is 2. The first-order chi connectivity index (χ1) is 11.7. The molecule has 1 aromatic carbocycles. The van der Waals surface area contributed by atoms with Crippen molar-refractivity contribution in [3.63, 3.8) is 0 Å². The van der Waals surface area contributed by atoms with Gasteiger partial charge in [0.25, 0.3) is 0 Å². The van der Waals surface area contributed by atoms with Crippen LogP contribution in [0.15, 0.2) is 30.3 Å². The van der Waals surface area contributed by atoms with E-state index in [2.05, 4.69) is 15.1 Å². The van der Waals surface area contributed by atoms with Crippen molar-refractivity contribution in [2.24, 2.45) is 5.92 Å². The molecule has 7 heteroatoms. The van der Waals surface area contributed by atoms with Gasteiger partial charge < -0.3 is 4.74 Å². The first-order valence-corrected chi connectivity index (χ1v) is 9.17. The molecule has 1 spiro atoms. The van der Waals surface area contributed by atoms with Crippen molar-refractivity contribution in [2.75, 3.05) is 31.1 Å². The first kappa shape index (κ1) is 14.4. The van der Waals surface area contributed by atoms with Crippen LogP contribution in [0.4, 0.5) is 9.93 Å². The maximum atomic E-state index is 12.5. The summed E-state index contributed by atoms with van der Waals surface area (Å²) in [7, 11) is 0. The number of piperidine rings is 3. The van der Waals surface area contributed by atoms with Gasteiger partial charge in [0.2, 0.25) is 5.13 Å². The van der Waals surface area contributed by atoms with E-state index in [1.165, 1.54) is 11.3 Å². The van der Waals surface area contributed by atoms with Gasteiger partial charge in [-0.25, -0.2) is 9.69 Å². The normalized spacial score (nSPS) is 31.7. The second-order valence-corrected chi connectivity index (χ2v) is 7.78. The molecule has 0 saturated carbocycles. The van der Waals surface area contributed by atoms with Gasteiger partial charge in [0.1, 0.15) is 10.6 Å². The molecule has 0 N–H and O–H groups in total. The summed E-state index contributed by atoms with van der Waals surface area (Å²) in [6.07, 6.45) is 1.96. The van der Waals surface area contributed by atoms with Gasteiger partial charge in [0.15, 0.2) is 0 Å². The zero-order chi connectivity index (χ0) is 16.1. The fraction of sp³-hybridized carbons (Fsp3) is 0.471. The smallest absolute Gasteiger partial charge is 0.416 e. The molecule has 124 valence electrons. The van der Waals surface area contributed by atoms with Crippen LogP contribution >= 0.6 is 11.3 Å². The largest absolute Gasteiger partial charge is 0.439 e. The Kier molecular flexibility index (Phi) is 3.14. The van der Waals surface area contributed by atoms with E-state index in [0.29, 0.717) is 17.6 Å². The summed E-state index contributed by atoms with van der Waals surface area (Å²) in [4.78, 5) is 16.6. The summed E-state index contributed by atoms with van der Waals surface area (Å²) < 4.78 is 5.89. The molecule has 1 atom stereocenters. The van der Waals surface area contributed by atoms with Gasteiger partial charge in [-0.3, -0.25) is 4.90 Å². The average molecular weight is 342 g/mol. The third kappa shape index (κ3) is 2.15. The van der Waals surface area contributed by atoms with Crippen LogP contribution < -0.4 is 4.90 Å². The Balaban J connectivity index is 1.42. The van der Waals surface area contributed by atoms with Gasteiger partial charge in [0.05, 0.1) is 6.54 Å². The van der Waals surface area contributed by atoms with Crippen molar-refractivity contribution in [2.45, 2.75) is 18.4 Å². The van der Waals surface area contributed by atoms with E-state index in [4.69, 9.17) is 4.74 Å². The standard InChI is InChI=1S/C17H18N4O2S/c22-16-21(11-17(23-16)10-20-8-6-13(17)7-9-20)15-19-18-14(24-15)12-4-2-1-3-5-12/h1-5,13H,6-11H2/t17-/m1/s1. The number of nitrogens with zero attached hydrogens (tertiary/aromatic N) is 4. The molecule has 2 bridgehead atoms. The van der Waals surface area contributed by atoms with Crippen LogP contribution in [0, 0.1) is 5.92 Å². The monoisotopic (exact) mass is 342 g/mol. The minimum Gasteiger partial charge on any atom is -0.439 e. The molecule has 4 fully saturated rings. The molecule has 4 aliphatic heterocycles. The lowest BCUT2D eigenvalue weighted by Crippen LogP contribution is -2.61. The molecule has 5 heterocycles. The van der Waals surface area contributed by atoms with E-state index in [0.717, 1.165) is 43.0 Å². The summed E-state index contributed by atoms with van der Waals surface area (Å²) in [5.74, 6) is 0.470. The Morgan fingerprint density at radius 1 is 1.12 bits per heavy atom. The molecule has 0 radical (unpaired) electrons. The number of carbonyl (C=O) groups excluding carboxylic acids is 1. The highest BCUT2D eigenvalue weighted by Gasteiger charge is 2.56. The number of anilines is 1. The van der Waals surface area contributed by atoms with Crippen molar-refractivity contribution in [3.05, 3.63) is 30.3 Å². The minimum absolute atomic E-state index is 0.278. The van der Waals surface area contributed by atoms with Gasteiger partial charge >= 0.3 is 6.09 Å². The lowest BCUT2D eigenvalue weighted by atomic mass is 9.75. The number of ether oxygens (including phenoxy) is 1. The number of aromatic nitrogens is 2. The highest BCUT2D eigenvalue weighted by molar-refractivity contribution is 7.18. The van der Waals surface area contributed by atoms with E-state index in [-0.39, 0.29) is 11.7 Å². The average Bonchev–Trinajstić information content (AvgIpc) is 3.22. The number of hydrogen-bond acceptors (Lipinski definition) is 6. The lowest BCUT2D eigenvalue weighted by Gasteiger charge is -2.49.